The van der Waals surface area contributed by atoms with Gasteiger partial charge in [-0.05, 0) is 56.2 Å². The van der Waals surface area contributed by atoms with Crippen LogP contribution >= 0.6 is 11.3 Å². The number of rotatable bonds is 7. The molecule has 31 heavy (non-hydrogen) atoms. The van der Waals surface area contributed by atoms with E-state index in [9.17, 15) is 4.79 Å². The molecule has 0 fully saturated rings. The van der Waals surface area contributed by atoms with Crippen molar-refractivity contribution < 1.29 is 9.21 Å². The van der Waals surface area contributed by atoms with E-state index >= 15 is 0 Å². The number of thiophene rings is 1. The number of aryl methyl sites for hydroxylation is 3. The summed E-state index contributed by atoms with van der Waals surface area (Å²) >= 11 is 1.59. The third kappa shape index (κ3) is 4.86. The van der Waals surface area contributed by atoms with Gasteiger partial charge in [-0.2, -0.15) is 0 Å². The highest BCUT2D eigenvalue weighted by atomic mass is 32.1. The van der Waals surface area contributed by atoms with Gasteiger partial charge in [-0.3, -0.25) is 4.79 Å². The Morgan fingerprint density at radius 2 is 1.90 bits per heavy atom. The van der Waals surface area contributed by atoms with Gasteiger partial charge in [-0.25, -0.2) is 4.98 Å². The number of pyridine rings is 1. The molecular formula is C25H25N3O2S. The maximum atomic E-state index is 12.7. The Bertz CT molecular complexity index is 1160. The molecule has 0 saturated heterocycles. The van der Waals surface area contributed by atoms with Crippen LogP contribution in [0.25, 0.3) is 0 Å². The fourth-order valence-electron chi connectivity index (χ4n) is 3.39. The summed E-state index contributed by atoms with van der Waals surface area (Å²) < 4.78 is 5.27. The van der Waals surface area contributed by atoms with Crippen LogP contribution in [-0.4, -0.2) is 10.9 Å². The van der Waals surface area contributed by atoms with Crippen molar-refractivity contribution in [1.82, 2.24) is 4.98 Å². The zero-order chi connectivity index (χ0) is 21.8. The third-order valence-corrected chi connectivity index (χ3v) is 6.25. The van der Waals surface area contributed by atoms with Crippen molar-refractivity contribution >= 4 is 28.1 Å². The molecule has 3 heterocycles. The standard InChI is InChI=1S/C25H25N3O2S/c1-4-19-15-20(25(31-19)28-24(29)21-8-6-14-30-21)23(18-12-10-16(2)11-13-18)27-22-9-5-7-17(3)26-22/h5-15,23H,4H2,1-3H3,(H,26,27)(H,28,29)/t23-/m0/s1. The molecule has 3 aromatic heterocycles. The Kier molecular flexibility index (Phi) is 6.18. The second kappa shape index (κ2) is 9.18. The molecule has 1 atom stereocenters. The minimum absolute atomic E-state index is 0.168. The molecule has 0 aliphatic heterocycles. The first kappa shape index (κ1) is 20.9. The van der Waals surface area contributed by atoms with E-state index in [4.69, 9.17) is 4.42 Å². The van der Waals surface area contributed by atoms with E-state index in [1.165, 1.54) is 16.7 Å². The number of benzene rings is 1. The monoisotopic (exact) mass is 431 g/mol. The predicted octanol–water partition coefficient (Wildman–Crippen LogP) is 6.37. The second-order valence-electron chi connectivity index (χ2n) is 7.43. The van der Waals surface area contributed by atoms with Crippen LogP contribution in [0.15, 0.2) is 71.3 Å². The lowest BCUT2D eigenvalue weighted by Crippen LogP contribution is -2.17. The van der Waals surface area contributed by atoms with Gasteiger partial charge in [0.25, 0.3) is 5.91 Å². The van der Waals surface area contributed by atoms with E-state index in [0.29, 0.717) is 0 Å². The normalized spacial score (nSPS) is 11.8. The van der Waals surface area contributed by atoms with Gasteiger partial charge in [-0.15, -0.1) is 11.3 Å². The van der Waals surface area contributed by atoms with Crippen LogP contribution in [0.2, 0.25) is 0 Å². The molecule has 4 aromatic rings. The average molecular weight is 432 g/mol. The Morgan fingerprint density at radius 1 is 1.10 bits per heavy atom. The largest absolute Gasteiger partial charge is 0.459 e. The lowest BCUT2D eigenvalue weighted by atomic mass is 9.98. The van der Waals surface area contributed by atoms with Gasteiger partial charge in [0.2, 0.25) is 0 Å². The fraction of sp³-hybridized carbons (Fsp3) is 0.200. The number of hydrogen-bond donors (Lipinski definition) is 2. The lowest BCUT2D eigenvalue weighted by Gasteiger charge is -2.21. The SMILES string of the molecule is CCc1cc([C@@H](Nc2cccc(C)n2)c2ccc(C)cc2)c(NC(=O)c2ccco2)s1. The van der Waals surface area contributed by atoms with Crippen molar-refractivity contribution in [2.24, 2.45) is 0 Å². The summed E-state index contributed by atoms with van der Waals surface area (Å²) in [5.74, 6) is 0.822. The van der Waals surface area contributed by atoms with E-state index in [1.54, 1.807) is 23.5 Å². The van der Waals surface area contributed by atoms with Crippen LogP contribution in [0.4, 0.5) is 10.8 Å². The molecule has 0 saturated carbocycles. The molecular weight excluding hydrogens is 406 g/mol. The van der Waals surface area contributed by atoms with E-state index in [2.05, 4.69) is 59.8 Å². The summed E-state index contributed by atoms with van der Waals surface area (Å²) in [5.41, 5.74) is 4.25. The number of carbonyl (C=O) groups excluding carboxylic acids is 1. The van der Waals surface area contributed by atoms with Crippen molar-refractivity contribution in [3.05, 3.63) is 99.9 Å². The smallest absolute Gasteiger partial charge is 0.291 e. The molecule has 4 rings (SSSR count). The maximum Gasteiger partial charge on any atom is 0.291 e. The topological polar surface area (TPSA) is 67.2 Å². The van der Waals surface area contributed by atoms with Crippen molar-refractivity contribution in [3.8, 4) is 0 Å². The zero-order valence-electron chi connectivity index (χ0n) is 17.8. The summed E-state index contributed by atoms with van der Waals surface area (Å²) in [7, 11) is 0. The Balaban J connectivity index is 1.75. The molecule has 0 unspecified atom stereocenters. The highest BCUT2D eigenvalue weighted by molar-refractivity contribution is 7.16. The number of nitrogens with zero attached hydrogens (tertiary/aromatic N) is 1. The molecule has 158 valence electrons. The molecule has 0 bridgehead atoms. The van der Waals surface area contributed by atoms with Crippen molar-refractivity contribution in [2.75, 3.05) is 10.6 Å². The van der Waals surface area contributed by atoms with Crippen LogP contribution in [0.5, 0.6) is 0 Å². The number of furan rings is 1. The molecule has 2 N–H and O–H groups in total. The molecule has 6 heteroatoms. The van der Waals surface area contributed by atoms with Crippen LogP contribution in [0.1, 0.15) is 50.8 Å². The molecule has 0 aliphatic carbocycles. The highest BCUT2D eigenvalue weighted by Crippen LogP contribution is 2.38. The predicted molar refractivity (Wildman–Crippen MR) is 126 cm³/mol. The van der Waals surface area contributed by atoms with Crippen LogP contribution in [0, 0.1) is 13.8 Å². The van der Waals surface area contributed by atoms with Gasteiger partial charge in [0.05, 0.1) is 12.3 Å². The van der Waals surface area contributed by atoms with Gasteiger partial charge in [0.15, 0.2) is 5.76 Å². The Labute approximate surface area is 186 Å². The van der Waals surface area contributed by atoms with Crippen molar-refractivity contribution in [3.63, 3.8) is 0 Å². The van der Waals surface area contributed by atoms with Gasteiger partial charge >= 0.3 is 0 Å². The first-order chi connectivity index (χ1) is 15.0. The van der Waals surface area contributed by atoms with Gasteiger partial charge in [-0.1, -0.05) is 42.8 Å². The molecule has 1 aromatic carbocycles. The van der Waals surface area contributed by atoms with Crippen LogP contribution in [-0.2, 0) is 6.42 Å². The van der Waals surface area contributed by atoms with E-state index < -0.39 is 0 Å². The molecule has 1 amide bonds. The van der Waals surface area contributed by atoms with Gasteiger partial charge in [0, 0.05) is 16.1 Å². The summed E-state index contributed by atoms with van der Waals surface area (Å²) in [5, 5.41) is 7.44. The number of amides is 1. The van der Waals surface area contributed by atoms with Crippen molar-refractivity contribution in [2.45, 2.75) is 33.2 Å². The summed E-state index contributed by atoms with van der Waals surface area (Å²) in [4.78, 5) is 18.5. The first-order valence-electron chi connectivity index (χ1n) is 10.3. The highest BCUT2D eigenvalue weighted by Gasteiger charge is 2.23. The molecule has 0 spiro atoms. The van der Waals surface area contributed by atoms with Gasteiger partial charge in [0.1, 0.15) is 10.8 Å². The quantitative estimate of drug-likeness (QED) is 0.357. The van der Waals surface area contributed by atoms with E-state index in [1.807, 2.05) is 25.1 Å². The Morgan fingerprint density at radius 3 is 2.58 bits per heavy atom. The van der Waals surface area contributed by atoms with Crippen molar-refractivity contribution in [1.29, 1.82) is 0 Å². The number of aromatic nitrogens is 1. The average Bonchev–Trinajstić information content (AvgIpc) is 3.43. The first-order valence-corrected chi connectivity index (χ1v) is 11.1. The number of carbonyl (C=O) groups is 1. The number of anilines is 2. The molecule has 5 nitrogen and oxygen atoms in total. The Hall–Kier alpha value is -3.38. The summed E-state index contributed by atoms with van der Waals surface area (Å²) in [6.45, 7) is 6.16. The summed E-state index contributed by atoms with van der Waals surface area (Å²) in [6.07, 6.45) is 2.39. The zero-order valence-corrected chi connectivity index (χ0v) is 18.6. The molecule has 0 radical (unpaired) electrons. The molecule has 0 aliphatic rings. The van der Waals surface area contributed by atoms with Crippen LogP contribution in [0.3, 0.4) is 0 Å². The number of hydrogen-bond acceptors (Lipinski definition) is 5. The van der Waals surface area contributed by atoms with Crippen LogP contribution < -0.4 is 10.6 Å². The minimum Gasteiger partial charge on any atom is -0.459 e. The fourth-order valence-corrected chi connectivity index (χ4v) is 4.42. The summed E-state index contributed by atoms with van der Waals surface area (Å²) in [6, 6.07) is 19.7. The van der Waals surface area contributed by atoms with E-state index in [0.717, 1.165) is 34.1 Å². The van der Waals surface area contributed by atoms with Gasteiger partial charge < -0.3 is 15.1 Å². The minimum atomic E-state index is -0.257. The third-order valence-electron chi connectivity index (χ3n) is 5.03. The second-order valence-corrected chi connectivity index (χ2v) is 8.57. The maximum absolute atomic E-state index is 12.7. The lowest BCUT2D eigenvalue weighted by molar-refractivity contribution is 0.0997. The van der Waals surface area contributed by atoms with E-state index in [-0.39, 0.29) is 17.7 Å². The number of nitrogens with one attached hydrogen (secondary N) is 2.